The number of primary sulfonamides is 1. The number of benzene rings is 3. The Morgan fingerprint density at radius 1 is 0.884 bits per heavy atom. The molecule has 3 aromatic carbocycles. The van der Waals surface area contributed by atoms with Crippen molar-refractivity contribution < 1.29 is 31.6 Å². The number of imide groups is 1. The van der Waals surface area contributed by atoms with Crippen LogP contribution in [-0.4, -0.2) is 36.0 Å². The van der Waals surface area contributed by atoms with Gasteiger partial charge in [-0.1, -0.05) is 35.2 Å². The molecule has 2 aliphatic heterocycles. The van der Waals surface area contributed by atoms with Crippen molar-refractivity contribution in [1.82, 2.24) is 4.57 Å². The van der Waals surface area contributed by atoms with Crippen molar-refractivity contribution in [2.24, 2.45) is 11.1 Å². The fourth-order valence-electron chi connectivity index (χ4n) is 5.20. The molecule has 6 rings (SSSR count). The van der Waals surface area contributed by atoms with E-state index in [4.69, 9.17) is 5.14 Å². The molecule has 0 bridgehead atoms. The Labute approximate surface area is 251 Å². The first-order chi connectivity index (χ1) is 20.4. The number of rotatable bonds is 6. The van der Waals surface area contributed by atoms with Crippen LogP contribution in [-0.2, 0) is 31.0 Å². The number of nitrogens with two attached hydrogens (primary N) is 1. The molecule has 3 atom stereocenters. The Balaban J connectivity index is 1.36. The van der Waals surface area contributed by atoms with Crippen molar-refractivity contribution in [2.75, 3.05) is 10.2 Å². The molecule has 15 heteroatoms. The minimum Gasteiger partial charge on any atom is -0.325 e. The topological polar surface area (TPSA) is 149 Å². The number of nitrogens with one attached hydrogen (secondary N) is 1. The maximum absolute atomic E-state index is 13.8. The number of sulfonamides is 1. The molecule has 220 valence electrons. The van der Waals surface area contributed by atoms with Gasteiger partial charge >= 0.3 is 4.87 Å². The smallest absolute Gasteiger partial charge is 0.308 e. The summed E-state index contributed by atoms with van der Waals surface area (Å²) >= 11 is 1.82. The molecule has 0 aliphatic carbocycles. The molecule has 3 N–H and O–H groups in total. The van der Waals surface area contributed by atoms with E-state index in [0.29, 0.717) is 15.5 Å². The molecule has 0 spiro atoms. The van der Waals surface area contributed by atoms with Crippen molar-refractivity contribution in [3.8, 4) is 0 Å². The average Bonchev–Trinajstić information content (AvgIpc) is 3.40. The maximum atomic E-state index is 13.8. The Kier molecular flexibility index (Phi) is 7.28. The molecule has 1 saturated heterocycles. The summed E-state index contributed by atoms with van der Waals surface area (Å²) in [5.74, 6) is -4.49. The molecular formula is C28H20F2N4O6S3. The lowest BCUT2D eigenvalue weighted by Crippen LogP contribution is -2.33. The van der Waals surface area contributed by atoms with E-state index in [0.717, 1.165) is 40.1 Å². The summed E-state index contributed by atoms with van der Waals surface area (Å²) < 4.78 is 51.7. The number of halogens is 2. The molecule has 43 heavy (non-hydrogen) atoms. The van der Waals surface area contributed by atoms with E-state index in [1.54, 1.807) is 0 Å². The summed E-state index contributed by atoms with van der Waals surface area (Å²) in [5.41, 5.74) is 0.962. The van der Waals surface area contributed by atoms with Crippen LogP contribution in [0.3, 0.4) is 0 Å². The van der Waals surface area contributed by atoms with Gasteiger partial charge in [0, 0.05) is 16.5 Å². The highest BCUT2D eigenvalue weighted by Crippen LogP contribution is 2.53. The van der Waals surface area contributed by atoms with Gasteiger partial charge in [-0.2, -0.15) is 0 Å². The predicted molar refractivity (Wildman–Crippen MR) is 155 cm³/mol. The molecule has 0 saturated carbocycles. The highest BCUT2D eigenvalue weighted by Gasteiger charge is 2.56. The Bertz CT molecular complexity index is 1940. The van der Waals surface area contributed by atoms with Crippen LogP contribution in [0.1, 0.15) is 16.4 Å². The minimum absolute atomic E-state index is 0.142. The van der Waals surface area contributed by atoms with Crippen LogP contribution in [0.5, 0.6) is 0 Å². The van der Waals surface area contributed by atoms with Gasteiger partial charge in [-0.05, 0) is 66.2 Å². The summed E-state index contributed by atoms with van der Waals surface area (Å²) in [6.07, 6.45) is 0. The van der Waals surface area contributed by atoms with Gasteiger partial charge in [-0.15, -0.1) is 0 Å². The highest BCUT2D eigenvalue weighted by molar-refractivity contribution is 8.00. The zero-order valence-electron chi connectivity index (χ0n) is 21.8. The third-order valence-electron chi connectivity index (χ3n) is 7.13. The highest BCUT2D eigenvalue weighted by atomic mass is 32.2. The van der Waals surface area contributed by atoms with Crippen LogP contribution in [0.4, 0.5) is 20.2 Å². The summed E-state index contributed by atoms with van der Waals surface area (Å²) in [6.45, 7) is -0.439. The summed E-state index contributed by atoms with van der Waals surface area (Å²) in [4.78, 5) is 54.5. The fourth-order valence-corrected chi connectivity index (χ4v) is 8.49. The normalized spacial score (nSPS) is 19.7. The van der Waals surface area contributed by atoms with Gasteiger partial charge < -0.3 is 5.32 Å². The lowest BCUT2D eigenvalue weighted by Gasteiger charge is -2.30. The van der Waals surface area contributed by atoms with Crippen LogP contribution in [0.15, 0.2) is 87.5 Å². The molecule has 0 unspecified atom stereocenters. The van der Waals surface area contributed by atoms with Gasteiger partial charge in [0.1, 0.15) is 23.4 Å². The van der Waals surface area contributed by atoms with Gasteiger partial charge in [-0.3, -0.25) is 23.7 Å². The standard InChI is InChI=1S/C28H20F2N4O6S3/c29-15-3-1-14(2-4-15)21-22-23(26(37)34(25(22)36)18-9-5-16(30)6-10-18)41-27-24(21)42-28(38)33(27)13-20(35)32-17-7-11-19(12-8-17)43(31,39)40/h1-12,21-23H,13H2,(H,32,35)(H2,31,39,40)/t21-,22-,23+/m0/s1. The van der Waals surface area contributed by atoms with Gasteiger partial charge in [-0.25, -0.2) is 27.2 Å². The maximum Gasteiger partial charge on any atom is 0.308 e. The van der Waals surface area contributed by atoms with E-state index < -0.39 is 67.9 Å². The number of hydrogen-bond acceptors (Lipinski definition) is 8. The first kappa shape index (κ1) is 28.9. The first-order valence-corrected chi connectivity index (χ1v) is 15.9. The fraction of sp³-hybridized carbons (Fsp3) is 0.143. The van der Waals surface area contributed by atoms with Crippen LogP contribution < -0.4 is 20.2 Å². The van der Waals surface area contributed by atoms with Crippen molar-refractivity contribution in [1.29, 1.82) is 0 Å². The zero-order chi connectivity index (χ0) is 30.6. The van der Waals surface area contributed by atoms with Gasteiger partial charge in [0.25, 0.3) is 0 Å². The largest absolute Gasteiger partial charge is 0.325 e. The lowest BCUT2D eigenvalue weighted by atomic mass is 9.83. The third kappa shape index (κ3) is 5.29. The molecular weight excluding hydrogens is 623 g/mol. The minimum atomic E-state index is -3.93. The monoisotopic (exact) mass is 642 g/mol. The van der Waals surface area contributed by atoms with Crippen LogP contribution in [0.25, 0.3) is 0 Å². The number of nitrogens with zero attached hydrogens (tertiary/aromatic N) is 2. The Morgan fingerprint density at radius 3 is 2.09 bits per heavy atom. The van der Waals surface area contributed by atoms with E-state index in [-0.39, 0.29) is 16.3 Å². The second-order valence-electron chi connectivity index (χ2n) is 9.82. The SMILES string of the molecule is NS(=O)(=O)c1ccc(NC(=O)Cn2c3c(sc2=O)[C@@H](c2ccc(F)cc2)[C@@H]2C(=O)N(c4ccc(F)cc4)C(=O)[C@@H]2S3)cc1. The molecule has 2 aliphatic rings. The number of carbonyl (C=O) groups is 3. The number of hydrogen-bond donors (Lipinski definition) is 2. The van der Waals surface area contributed by atoms with Crippen LogP contribution >= 0.6 is 23.1 Å². The van der Waals surface area contributed by atoms with Crippen molar-refractivity contribution in [2.45, 2.75) is 27.6 Å². The number of anilines is 2. The lowest BCUT2D eigenvalue weighted by molar-refractivity contribution is -0.122. The second kappa shape index (κ2) is 10.8. The van der Waals surface area contributed by atoms with E-state index in [2.05, 4.69) is 5.32 Å². The third-order valence-corrected chi connectivity index (χ3v) is 10.7. The van der Waals surface area contributed by atoms with Crippen molar-refractivity contribution in [3.63, 3.8) is 0 Å². The zero-order valence-corrected chi connectivity index (χ0v) is 24.2. The predicted octanol–water partition coefficient (Wildman–Crippen LogP) is 3.27. The van der Waals surface area contributed by atoms with E-state index in [9.17, 15) is 36.4 Å². The van der Waals surface area contributed by atoms with E-state index >= 15 is 0 Å². The molecule has 4 aromatic rings. The van der Waals surface area contributed by atoms with E-state index in [1.165, 1.54) is 65.2 Å². The molecule has 3 amide bonds. The Hall–Kier alpha value is -4.18. The van der Waals surface area contributed by atoms with Crippen molar-refractivity contribution >= 4 is 62.2 Å². The number of aromatic nitrogens is 1. The number of amides is 3. The van der Waals surface area contributed by atoms with Crippen LogP contribution in [0.2, 0.25) is 0 Å². The molecule has 1 aromatic heterocycles. The Morgan fingerprint density at radius 2 is 1.49 bits per heavy atom. The first-order valence-electron chi connectivity index (χ1n) is 12.6. The summed E-state index contributed by atoms with van der Waals surface area (Å²) in [5, 5.41) is 7.05. The van der Waals surface area contributed by atoms with Gasteiger partial charge in [0.05, 0.1) is 21.5 Å². The quantitative estimate of drug-likeness (QED) is 0.307. The van der Waals surface area contributed by atoms with Crippen LogP contribution in [0, 0.1) is 17.6 Å². The van der Waals surface area contributed by atoms with Gasteiger partial charge in [0.2, 0.25) is 27.7 Å². The molecule has 1 fully saturated rings. The molecule has 3 heterocycles. The molecule has 10 nitrogen and oxygen atoms in total. The summed E-state index contributed by atoms with van der Waals surface area (Å²) in [7, 11) is -3.93. The van der Waals surface area contributed by atoms with Gasteiger partial charge in [0.15, 0.2) is 0 Å². The number of fused-ring (bicyclic) bond motifs is 2. The molecule has 0 radical (unpaired) electrons. The summed E-state index contributed by atoms with van der Waals surface area (Å²) in [6, 6.07) is 15.5. The number of thiazole rings is 1. The second-order valence-corrected chi connectivity index (χ2v) is 13.5. The van der Waals surface area contributed by atoms with Crippen molar-refractivity contribution in [3.05, 3.63) is 105 Å². The number of thioether (sulfide) groups is 1. The number of carbonyl (C=O) groups excluding carboxylic acids is 3. The average molecular weight is 643 g/mol. The van der Waals surface area contributed by atoms with E-state index in [1.807, 2.05) is 0 Å².